The summed E-state index contributed by atoms with van der Waals surface area (Å²) in [4.78, 5) is 64.5. The molecule has 62 heavy (non-hydrogen) atoms. The lowest BCUT2D eigenvalue weighted by Crippen LogP contribution is -2.15. The maximum atomic E-state index is 13.2. The predicted octanol–water partition coefficient (Wildman–Crippen LogP) is 6.86. The number of aromatic amines is 2. The maximum absolute atomic E-state index is 13.2. The molecule has 0 bridgehead atoms. The molecule has 0 spiro atoms. The third kappa shape index (κ3) is 10.8. The van der Waals surface area contributed by atoms with Crippen LogP contribution in [0.4, 0.5) is 0 Å². The largest absolute Gasteiger partial charge is 0.469 e. The van der Waals surface area contributed by atoms with Crippen molar-refractivity contribution in [2.24, 2.45) is 4.99 Å². The molecule has 0 radical (unpaired) electrons. The van der Waals surface area contributed by atoms with E-state index in [1.54, 1.807) is 11.8 Å². The highest BCUT2D eigenvalue weighted by Gasteiger charge is 2.26. The number of amides is 2. The highest BCUT2D eigenvalue weighted by Crippen LogP contribution is 2.31. The van der Waals surface area contributed by atoms with E-state index in [9.17, 15) is 23.4 Å². The maximum Gasteiger partial charge on any atom is 0.305 e. The van der Waals surface area contributed by atoms with Crippen LogP contribution in [0, 0.1) is 27.7 Å². The van der Waals surface area contributed by atoms with E-state index in [1.165, 1.54) is 24.7 Å². The number of carbonyl (C=O) groups is 4. The molecule has 2 aliphatic rings. The number of nitrogens with one attached hydrogen (secondary N) is 3. The van der Waals surface area contributed by atoms with Crippen molar-refractivity contribution in [1.82, 2.24) is 15.3 Å². The van der Waals surface area contributed by atoms with E-state index >= 15 is 0 Å². The number of methoxy groups -OCH3 is 2. The van der Waals surface area contributed by atoms with Crippen LogP contribution in [0.2, 0.25) is 0 Å². The van der Waals surface area contributed by atoms with Crippen molar-refractivity contribution < 1.29 is 32.9 Å². The van der Waals surface area contributed by atoms with Gasteiger partial charge in [-0.1, -0.05) is 35.4 Å². The van der Waals surface area contributed by atoms with Crippen LogP contribution in [0.5, 0.6) is 0 Å². The van der Waals surface area contributed by atoms with Crippen molar-refractivity contribution in [3.05, 3.63) is 132 Å². The molecule has 2 aromatic carbocycles. The van der Waals surface area contributed by atoms with Crippen LogP contribution in [0.3, 0.4) is 0 Å². The quantitative estimate of drug-likeness (QED) is 0.0767. The SMILES string of the molecule is COC(=O)CCc1c(C=c2[nH]c(=CC3=NC(=O)C(CCS(=O)c4ccc(C)cc4)=C3C)c(C)c2CCC(=O)OC)[nH]c(/C=C2\NC(=O)C(C)=C2CCSc2ccc(C)cc2)c1C. The Balaban J connectivity index is 1.36. The van der Waals surface area contributed by atoms with Crippen molar-refractivity contribution in [1.29, 1.82) is 0 Å². The fourth-order valence-corrected chi connectivity index (χ4v) is 9.55. The van der Waals surface area contributed by atoms with Gasteiger partial charge in [0.05, 0.1) is 30.7 Å². The molecule has 1 atom stereocenters. The first kappa shape index (κ1) is 45.7. The molecule has 2 aliphatic heterocycles. The van der Waals surface area contributed by atoms with Gasteiger partial charge in [0.1, 0.15) is 0 Å². The lowest BCUT2D eigenvalue weighted by molar-refractivity contribution is -0.141. The number of aromatic nitrogens is 2. The molecule has 11 nitrogen and oxygen atoms in total. The van der Waals surface area contributed by atoms with E-state index in [-0.39, 0.29) is 36.6 Å². The number of carbonyl (C=O) groups excluding carboxylic acids is 4. The van der Waals surface area contributed by atoms with Gasteiger partial charge in [-0.2, -0.15) is 0 Å². The fraction of sp³-hybridized carbons (Fsp3) is 0.327. The van der Waals surface area contributed by atoms with Crippen molar-refractivity contribution in [2.75, 3.05) is 25.7 Å². The Labute approximate surface area is 369 Å². The molecule has 324 valence electrons. The molecular formula is C49H54N4O7S2. The molecule has 3 N–H and O–H groups in total. The Hall–Kier alpha value is -5.79. The van der Waals surface area contributed by atoms with Gasteiger partial charge >= 0.3 is 11.9 Å². The first-order valence-electron chi connectivity index (χ1n) is 20.6. The molecule has 0 saturated heterocycles. The third-order valence-corrected chi connectivity index (χ3v) is 13.9. The van der Waals surface area contributed by atoms with Gasteiger partial charge in [-0.25, -0.2) is 4.99 Å². The summed E-state index contributed by atoms with van der Waals surface area (Å²) in [6.45, 7) is 11.7. The number of aliphatic imine (C=N–C) groups is 1. The number of hydrogen-bond donors (Lipinski definition) is 3. The topological polar surface area (TPSA) is 160 Å². The summed E-state index contributed by atoms with van der Waals surface area (Å²) >= 11 is 1.74. The molecule has 1 unspecified atom stereocenters. The van der Waals surface area contributed by atoms with Crippen LogP contribution < -0.4 is 16.0 Å². The van der Waals surface area contributed by atoms with E-state index in [0.717, 1.165) is 77.4 Å². The van der Waals surface area contributed by atoms with Crippen LogP contribution in [0.1, 0.15) is 84.3 Å². The van der Waals surface area contributed by atoms with Crippen molar-refractivity contribution >= 4 is 70.3 Å². The zero-order valence-electron chi connectivity index (χ0n) is 36.6. The average Bonchev–Trinajstić information content (AvgIpc) is 3.90. The Morgan fingerprint density at radius 1 is 0.694 bits per heavy atom. The fourth-order valence-electron chi connectivity index (χ4n) is 7.62. The minimum Gasteiger partial charge on any atom is -0.469 e. The van der Waals surface area contributed by atoms with Gasteiger partial charge < -0.3 is 24.8 Å². The molecule has 4 aromatic rings. The first-order valence-corrected chi connectivity index (χ1v) is 22.9. The molecule has 2 amide bonds. The number of nitrogens with zero attached hydrogens (tertiary/aromatic N) is 1. The number of rotatable bonds is 17. The minimum atomic E-state index is -1.27. The third-order valence-electron chi connectivity index (χ3n) is 11.5. The molecular weight excluding hydrogens is 821 g/mol. The Morgan fingerprint density at radius 2 is 1.32 bits per heavy atom. The van der Waals surface area contributed by atoms with Gasteiger partial charge in [0.25, 0.3) is 11.8 Å². The number of esters is 2. The molecule has 0 saturated carbocycles. The molecule has 6 rings (SSSR count). The van der Waals surface area contributed by atoms with Crippen LogP contribution in [0.15, 0.2) is 91.3 Å². The van der Waals surface area contributed by atoms with Gasteiger partial charge in [-0.05, 0) is 143 Å². The average molecular weight is 875 g/mol. The highest BCUT2D eigenvalue weighted by atomic mass is 32.2. The number of allylic oxidation sites excluding steroid dienone is 2. The summed E-state index contributed by atoms with van der Waals surface area (Å²) in [5, 5.41) is 4.52. The zero-order valence-corrected chi connectivity index (χ0v) is 38.3. The van der Waals surface area contributed by atoms with Gasteiger partial charge in [0.15, 0.2) is 0 Å². The van der Waals surface area contributed by atoms with Gasteiger partial charge in [-0.3, -0.25) is 23.4 Å². The highest BCUT2D eigenvalue weighted by molar-refractivity contribution is 7.99. The van der Waals surface area contributed by atoms with E-state index in [2.05, 4.69) is 51.5 Å². The standard InChI is InChI=1S/C49H54N4O7S2/c1-28-9-13-34(14-10-28)61-23-21-38-33(6)48(56)53-45(38)26-41-31(4)37(18-20-47(55)60-8)44(51-41)27-43-36(17-19-46(54)59-7)30(3)40(50-43)25-42-32(5)39(49(57)52-42)22-24-62(58)35-15-11-29(2)12-16-35/h9-16,25-27,50-51H,17-24H2,1-8H3,(H,53,56)/b40-25?,43-27?,45-26-. The summed E-state index contributed by atoms with van der Waals surface area (Å²) in [5.74, 6) is -0.0663. The Bertz CT molecular complexity index is 2700. The molecule has 4 heterocycles. The van der Waals surface area contributed by atoms with Crippen molar-refractivity contribution in [2.45, 2.75) is 89.9 Å². The number of thioether (sulfide) groups is 1. The number of hydrogen-bond acceptors (Lipinski definition) is 8. The van der Waals surface area contributed by atoms with Gasteiger partial charge in [-0.15, -0.1) is 11.8 Å². The van der Waals surface area contributed by atoms with E-state index < -0.39 is 10.8 Å². The summed E-state index contributed by atoms with van der Waals surface area (Å²) in [6.07, 6.45) is 7.85. The number of aryl methyl sites for hydroxylation is 2. The van der Waals surface area contributed by atoms with Crippen LogP contribution in [-0.4, -0.2) is 69.4 Å². The molecule has 0 fully saturated rings. The Kier molecular flexibility index (Phi) is 15.0. The van der Waals surface area contributed by atoms with E-state index in [4.69, 9.17) is 9.47 Å². The number of H-pyrrole nitrogens is 2. The van der Waals surface area contributed by atoms with Crippen LogP contribution in [0.25, 0.3) is 18.2 Å². The second-order valence-corrected chi connectivity index (χ2v) is 18.3. The van der Waals surface area contributed by atoms with Crippen molar-refractivity contribution in [3.63, 3.8) is 0 Å². The lowest BCUT2D eigenvalue weighted by atomic mass is 10.0. The predicted molar refractivity (Wildman–Crippen MR) is 247 cm³/mol. The molecule has 0 aliphatic carbocycles. The number of ether oxygens (including phenoxy) is 2. The lowest BCUT2D eigenvalue weighted by Gasteiger charge is -2.07. The smallest absolute Gasteiger partial charge is 0.305 e. The second kappa shape index (κ2) is 20.4. The summed E-state index contributed by atoms with van der Waals surface area (Å²) in [6, 6.07) is 16.0. The monoisotopic (exact) mass is 874 g/mol. The summed E-state index contributed by atoms with van der Waals surface area (Å²) in [7, 11) is 1.46. The summed E-state index contributed by atoms with van der Waals surface area (Å²) in [5.41, 5.74) is 11.5. The van der Waals surface area contributed by atoms with Crippen LogP contribution in [-0.2, 0) is 52.3 Å². The minimum absolute atomic E-state index is 0.127. The number of benzene rings is 2. The molecule has 13 heteroatoms. The second-order valence-electron chi connectivity index (χ2n) is 15.6. The van der Waals surface area contributed by atoms with E-state index in [0.29, 0.717) is 48.3 Å². The van der Waals surface area contributed by atoms with Crippen molar-refractivity contribution in [3.8, 4) is 0 Å². The first-order chi connectivity index (χ1) is 29.7. The van der Waals surface area contributed by atoms with Gasteiger partial charge in [0.2, 0.25) is 0 Å². The molecule has 2 aromatic heterocycles. The van der Waals surface area contributed by atoms with Crippen LogP contribution >= 0.6 is 11.8 Å². The van der Waals surface area contributed by atoms with Gasteiger partial charge in [0, 0.05) is 73.1 Å². The van der Waals surface area contributed by atoms with E-state index in [1.807, 2.05) is 77.1 Å². The summed E-state index contributed by atoms with van der Waals surface area (Å²) < 4.78 is 23.1. The zero-order chi connectivity index (χ0) is 44.7. The Morgan fingerprint density at radius 3 is 1.97 bits per heavy atom. The normalized spacial score (nSPS) is 15.9.